The average molecular weight is 173 g/mol. The van der Waals surface area contributed by atoms with Crippen molar-refractivity contribution in [2.24, 2.45) is 5.73 Å². The van der Waals surface area contributed by atoms with Gasteiger partial charge in [-0.3, -0.25) is 0 Å². The lowest BCUT2D eigenvalue weighted by Crippen LogP contribution is -2.54. The molecule has 12 heavy (non-hydrogen) atoms. The maximum Gasteiger partial charge on any atom is 0.317 e. The van der Waals surface area contributed by atoms with E-state index in [4.69, 9.17) is 5.73 Å². The van der Waals surface area contributed by atoms with Gasteiger partial charge in [-0.05, 0) is 20.8 Å². The summed E-state index contributed by atoms with van der Waals surface area (Å²) < 4.78 is 0. The zero-order chi connectivity index (χ0) is 9.78. The predicted molar refractivity (Wildman–Crippen MR) is 50.0 cm³/mol. The van der Waals surface area contributed by atoms with Crippen LogP contribution in [-0.4, -0.2) is 36.6 Å². The second-order valence-corrected chi connectivity index (χ2v) is 3.32. The van der Waals surface area contributed by atoms with Crippen molar-refractivity contribution in [3.63, 3.8) is 0 Å². The summed E-state index contributed by atoms with van der Waals surface area (Å²) in [6, 6.07) is -0.0760. The number of carbonyl (C=O) groups is 1. The Labute approximate surface area is 74.1 Å². The average Bonchev–Trinajstić information content (AvgIpc) is 2.05. The van der Waals surface area contributed by atoms with Crippen molar-refractivity contribution >= 4 is 6.03 Å². The van der Waals surface area contributed by atoms with E-state index in [1.165, 1.54) is 0 Å². The summed E-state index contributed by atoms with van der Waals surface area (Å²) in [6.45, 7) is 6.97. The van der Waals surface area contributed by atoms with Crippen molar-refractivity contribution in [3.8, 4) is 0 Å². The molecule has 0 fully saturated rings. The lowest BCUT2D eigenvalue weighted by molar-refractivity contribution is 0.145. The van der Waals surface area contributed by atoms with Crippen LogP contribution in [-0.2, 0) is 0 Å². The van der Waals surface area contributed by atoms with E-state index in [1.54, 1.807) is 11.9 Å². The maximum atomic E-state index is 11.3. The molecule has 0 heterocycles. The largest absolute Gasteiger partial charge is 0.341 e. The molecule has 0 aliphatic rings. The molecular weight excluding hydrogens is 154 g/mol. The molecule has 0 aromatic heterocycles. The van der Waals surface area contributed by atoms with Gasteiger partial charge in [-0.1, -0.05) is 0 Å². The number of rotatable bonds is 3. The van der Waals surface area contributed by atoms with Crippen molar-refractivity contribution in [2.45, 2.75) is 26.3 Å². The third-order valence-electron chi connectivity index (χ3n) is 2.01. The molecule has 4 heteroatoms. The van der Waals surface area contributed by atoms with Gasteiger partial charge in [0, 0.05) is 20.1 Å². The van der Waals surface area contributed by atoms with Crippen molar-refractivity contribution in [3.05, 3.63) is 0 Å². The summed E-state index contributed by atoms with van der Waals surface area (Å²) in [5, 5.41) is 2.59. The third-order valence-corrected chi connectivity index (χ3v) is 2.01. The van der Waals surface area contributed by atoms with Crippen LogP contribution in [0.4, 0.5) is 4.79 Å². The topological polar surface area (TPSA) is 58.4 Å². The van der Waals surface area contributed by atoms with Crippen molar-refractivity contribution in [2.75, 3.05) is 20.1 Å². The van der Waals surface area contributed by atoms with E-state index in [0.717, 1.165) is 0 Å². The van der Waals surface area contributed by atoms with Gasteiger partial charge in [0.2, 0.25) is 0 Å². The zero-order valence-corrected chi connectivity index (χ0v) is 8.35. The van der Waals surface area contributed by atoms with E-state index in [1.807, 2.05) is 20.8 Å². The van der Waals surface area contributed by atoms with Crippen LogP contribution in [0.1, 0.15) is 20.8 Å². The first-order valence-electron chi connectivity index (χ1n) is 4.19. The van der Waals surface area contributed by atoms with Crippen LogP contribution < -0.4 is 11.1 Å². The number of carbonyl (C=O) groups excluding carboxylic acids is 1. The Balaban J connectivity index is 4.43. The van der Waals surface area contributed by atoms with Crippen molar-refractivity contribution < 1.29 is 4.79 Å². The van der Waals surface area contributed by atoms with Gasteiger partial charge in [0.15, 0.2) is 0 Å². The highest BCUT2D eigenvalue weighted by molar-refractivity contribution is 5.74. The number of urea groups is 1. The van der Waals surface area contributed by atoms with Gasteiger partial charge in [0.1, 0.15) is 0 Å². The minimum absolute atomic E-state index is 0.0760. The van der Waals surface area contributed by atoms with Crippen LogP contribution in [0.2, 0.25) is 0 Å². The molecule has 0 atom stereocenters. The molecule has 0 aliphatic heterocycles. The number of nitrogens with zero attached hydrogens (tertiary/aromatic N) is 1. The van der Waals surface area contributed by atoms with E-state index in [2.05, 4.69) is 5.32 Å². The monoisotopic (exact) mass is 173 g/mol. The Hall–Kier alpha value is -0.770. The SMILES string of the molecule is CCN(C(=O)NC)C(C)(C)CN. The van der Waals surface area contributed by atoms with Crippen molar-refractivity contribution in [1.29, 1.82) is 0 Å². The molecule has 0 bridgehead atoms. The Morgan fingerprint density at radius 1 is 1.58 bits per heavy atom. The summed E-state index contributed by atoms with van der Waals surface area (Å²) in [6.07, 6.45) is 0. The molecule has 0 aliphatic carbocycles. The van der Waals surface area contributed by atoms with Crippen LogP contribution >= 0.6 is 0 Å². The second-order valence-electron chi connectivity index (χ2n) is 3.32. The van der Waals surface area contributed by atoms with Crippen molar-refractivity contribution in [1.82, 2.24) is 10.2 Å². The van der Waals surface area contributed by atoms with Crippen LogP contribution in [0.15, 0.2) is 0 Å². The summed E-state index contributed by atoms with van der Waals surface area (Å²) in [7, 11) is 1.62. The Morgan fingerprint density at radius 2 is 2.08 bits per heavy atom. The van der Waals surface area contributed by atoms with Crippen LogP contribution in [0, 0.1) is 0 Å². The van der Waals surface area contributed by atoms with Gasteiger partial charge in [-0.15, -0.1) is 0 Å². The van der Waals surface area contributed by atoms with Gasteiger partial charge >= 0.3 is 6.03 Å². The molecule has 0 aromatic carbocycles. The normalized spacial score (nSPS) is 11.1. The number of nitrogens with two attached hydrogens (primary N) is 1. The smallest absolute Gasteiger partial charge is 0.317 e. The first-order valence-corrected chi connectivity index (χ1v) is 4.19. The molecule has 0 radical (unpaired) electrons. The van der Waals surface area contributed by atoms with Crippen LogP contribution in [0.5, 0.6) is 0 Å². The molecule has 0 spiro atoms. The van der Waals surface area contributed by atoms with E-state index in [9.17, 15) is 4.79 Å². The van der Waals surface area contributed by atoms with Gasteiger partial charge in [0.05, 0.1) is 5.54 Å². The molecule has 4 nitrogen and oxygen atoms in total. The molecular formula is C8H19N3O. The summed E-state index contributed by atoms with van der Waals surface area (Å²) in [5.74, 6) is 0. The quantitative estimate of drug-likeness (QED) is 0.648. The van der Waals surface area contributed by atoms with Gasteiger partial charge in [-0.2, -0.15) is 0 Å². The highest BCUT2D eigenvalue weighted by atomic mass is 16.2. The molecule has 0 rings (SSSR count). The first kappa shape index (κ1) is 11.2. The summed E-state index contributed by atoms with van der Waals surface area (Å²) in [5.41, 5.74) is 5.28. The molecule has 72 valence electrons. The Kier molecular flexibility index (Phi) is 4.03. The minimum Gasteiger partial charge on any atom is -0.341 e. The van der Waals surface area contributed by atoms with E-state index < -0.39 is 0 Å². The highest BCUT2D eigenvalue weighted by Gasteiger charge is 2.27. The van der Waals surface area contributed by atoms with Gasteiger partial charge < -0.3 is 16.0 Å². The summed E-state index contributed by atoms with van der Waals surface area (Å²) in [4.78, 5) is 13.0. The lowest BCUT2D eigenvalue weighted by atomic mass is 10.0. The Bertz CT molecular complexity index is 156. The minimum atomic E-state index is -0.269. The molecule has 0 saturated heterocycles. The van der Waals surface area contributed by atoms with Gasteiger partial charge in [-0.25, -0.2) is 4.79 Å². The number of hydrogen-bond donors (Lipinski definition) is 2. The van der Waals surface area contributed by atoms with Crippen LogP contribution in [0.25, 0.3) is 0 Å². The Morgan fingerprint density at radius 3 is 2.33 bits per heavy atom. The van der Waals surface area contributed by atoms with Gasteiger partial charge in [0.25, 0.3) is 0 Å². The maximum absolute atomic E-state index is 11.3. The molecule has 2 amide bonds. The molecule has 3 N–H and O–H groups in total. The van der Waals surface area contributed by atoms with E-state index in [-0.39, 0.29) is 11.6 Å². The van der Waals surface area contributed by atoms with E-state index >= 15 is 0 Å². The number of nitrogens with one attached hydrogen (secondary N) is 1. The number of amides is 2. The first-order chi connectivity index (χ1) is 5.49. The third kappa shape index (κ3) is 2.37. The number of hydrogen-bond acceptors (Lipinski definition) is 2. The molecule has 0 aromatic rings. The fourth-order valence-electron chi connectivity index (χ4n) is 1.09. The fourth-order valence-corrected chi connectivity index (χ4v) is 1.09. The number of likely N-dealkylation sites (N-methyl/N-ethyl adjacent to an activating group) is 1. The standard InChI is InChI=1S/C8H19N3O/c1-5-11(7(12)10-4)8(2,3)6-9/h5-6,9H2,1-4H3,(H,10,12). The molecule has 0 saturated carbocycles. The van der Waals surface area contributed by atoms with E-state index in [0.29, 0.717) is 13.1 Å². The highest BCUT2D eigenvalue weighted by Crippen LogP contribution is 2.11. The predicted octanol–water partition coefficient (Wildman–Crippen LogP) is 0.385. The fraction of sp³-hybridized carbons (Fsp3) is 0.875. The zero-order valence-electron chi connectivity index (χ0n) is 8.35. The second kappa shape index (κ2) is 4.30. The molecule has 0 unspecified atom stereocenters. The van der Waals surface area contributed by atoms with Crippen LogP contribution in [0.3, 0.4) is 0 Å². The lowest BCUT2D eigenvalue weighted by Gasteiger charge is -2.36. The summed E-state index contributed by atoms with van der Waals surface area (Å²) >= 11 is 0.